The van der Waals surface area contributed by atoms with Crippen molar-refractivity contribution < 1.29 is 14.3 Å². The molecule has 0 unspecified atom stereocenters. The summed E-state index contributed by atoms with van der Waals surface area (Å²) in [7, 11) is 1.54. The third-order valence-electron chi connectivity index (χ3n) is 2.07. The van der Waals surface area contributed by atoms with Crippen LogP contribution in [0.25, 0.3) is 0 Å². The first-order valence-corrected chi connectivity index (χ1v) is 5.97. The summed E-state index contributed by atoms with van der Waals surface area (Å²) in [4.78, 5) is 11.6. The van der Waals surface area contributed by atoms with E-state index in [-0.39, 0.29) is 18.1 Å². The molecule has 1 N–H and O–H groups in total. The molecule has 0 spiro atoms. The molecule has 0 saturated carbocycles. The average molecular weight is 272 g/mol. The summed E-state index contributed by atoms with van der Waals surface area (Å²) in [5.41, 5.74) is 0.276. The minimum Gasteiger partial charge on any atom is -0.495 e. The Morgan fingerprint density at radius 3 is 2.56 bits per heavy atom. The Bertz CT molecular complexity index is 427. The predicted molar refractivity (Wildman–Crippen MR) is 72.3 cm³/mol. The first kappa shape index (κ1) is 14.8. The van der Waals surface area contributed by atoms with Crippen LogP contribution in [0.3, 0.4) is 0 Å². The number of halogens is 1. The van der Waals surface area contributed by atoms with Crippen LogP contribution >= 0.6 is 11.6 Å². The van der Waals surface area contributed by atoms with Crippen LogP contribution in [0.5, 0.6) is 5.75 Å². The summed E-state index contributed by atoms with van der Waals surface area (Å²) < 4.78 is 10.4. The molecule has 1 aromatic rings. The molecule has 0 fully saturated rings. The summed E-state index contributed by atoms with van der Waals surface area (Å²) in [5, 5.41) is 3.15. The second-order valence-electron chi connectivity index (χ2n) is 4.80. The van der Waals surface area contributed by atoms with E-state index in [1.54, 1.807) is 18.2 Å². The first-order valence-electron chi connectivity index (χ1n) is 5.59. The molecule has 100 valence electrons. The summed E-state index contributed by atoms with van der Waals surface area (Å²) in [6.07, 6.45) is 0. The quantitative estimate of drug-likeness (QED) is 0.915. The number of nitrogens with one attached hydrogen (secondary N) is 1. The van der Waals surface area contributed by atoms with Crippen molar-refractivity contribution in [3.8, 4) is 5.75 Å². The lowest BCUT2D eigenvalue weighted by atomic mass is 10.2. The van der Waals surface area contributed by atoms with E-state index in [4.69, 9.17) is 21.1 Å². The van der Waals surface area contributed by atoms with Crippen molar-refractivity contribution in [2.24, 2.45) is 0 Å². The van der Waals surface area contributed by atoms with Crippen LogP contribution in [0.4, 0.5) is 5.69 Å². The molecule has 1 amide bonds. The van der Waals surface area contributed by atoms with E-state index < -0.39 is 0 Å². The first-order chi connectivity index (χ1) is 8.31. The second-order valence-corrected chi connectivity index (χ2v) is 5.21. The second kappa shape index (κ2) is 6.07. The van der Waals surface area contributed by atoms with E-state index >= 15 is 0 Å². The lowest BCUT2D eigenvalue weighted by Crippen LogP contribution is -2.27. The number of amides is 1. The maximum absolute atomic E-state index is 11.6. The number of methoxy groups -OCH3 is 1. The highest BCUT2D eigenvalue weighted by Gasteiger charge is 2.13. The van der Waals surface area contributed by atoms with Gasteiger partial charge in [-0.25, -0.2) is 0 Å². The summed E-state index contributed by atoms with van der Waals surface area (Å²) in [6, 6.07) is 5.05. The molecular weight excluding hydrogens is 254 g/mol. The van der Waals surface area contributed by atoms with Crippen molar-refractivity contribution in [1.29, 1.82) is 0 Å². The van der Waals surface area contributed by atoms with Crippen molar-refractivity contribution in [2.75, 3.05) is 19.0 Å². The van der Waals surface area contributed by atoms with Crippen LogP contribution in [0.2, 0.25) is 5.02 Å². The Balaban J connectivity index is 2.57. The maximum atomic E-state index is 11.6. The van der Waals surface area contributed by atoms with Crippen molar-refractivity contribution in [3.05, 3.63) is 23.2 Å². The summed E-state index contributed by atoms with van der Waals surface area (Å²) in [5.74, 6) is 0.353. The Morgan fingerprint density at radius 2 is 2.06 bits per heavy atom. The topological polar surface area (TPSA) is 47.6 Å². The van der Waals surface area contributed by atoms with Crippen LogP contribution in [-0.4, -0.2) is 25.2 Å². The maximum Gasteiger partial charge on any atom is 0.250 e. The van der Waals surface area contributed by atoms with Crippen LogP contribution in [0.1, 0.15) is 20.8 Å². The molecule has 5 heteroatoms. The smallest absolute Gasteiger partial charge is 0.250 e. The molecule has 1 rings (SSSR count). The van der Waals surface area contributed by atoms with Gasteiger partial charge in [0.25, 0.3) is 0 Å². The monoisotopic (exact) mass is 271 g/mol. The lowest BCUT2D eigenvalue weighted by Gasteiger charge is -2.19. The van der Waals surface area contributed by atoms with Crippen LogP contribution < -0.4 is 10.1 Å². The van der Waals surface area contributed by atoms with Gasteiger partial charge in [0.1, 0.15) is 12.4 Å². The number of hydrogen-bond donors (Lipinski definition) is 1. The fraction of sp³-hybridized carbons (Fsp3) is 0.462. The Hall–Kier alpha value is -1.26. The molecule has 4 nitrogen and oxygen atoms in total. The van der Waals surface area contributed by atoms with E-state index in [0.717, 1.165) is 0 Å². The van der Waals surface area contributed by atoms with Crippen LogP contribution in [0.15, 0.2) is 18.2 Å². The average Bonchev–Trinajstić information content (AvgIpc) is 2.26. The number of ether oxygens (including phenoxy) is 2. The number of carbonyl (C=O) groups excluding carboxylic acids is 1. The largest absolute Gasteiger partial charge is 0.495 e. The normalized spacial score (nSPS) is 11.2. The van der Waals surface area contributed by atoms with Gasteiger partial charge in [0.2, 0.25) is 5.91 Å². The summed E-state index contributed by atoms with van der Waals surface area (Å²) >= 11 is 5.96. The SMILES string of the molecule is COc1ccc(NC(=O)COC(C)(C)C)cc1Cl. The summed E-state index contributed by atoms with van der Waals surface area (Å²) in [6.45, 7) is 5.69. The lowest BCUT2D eigenvalue weighted by molar-refractivity contribution is -0.125. The van der Waals surface area contributed by atoms with Gasteiger partial charge in [-0.1, -0.05) is 11.6 Å². The van der Waals surface area contributed by atoms with E-state index in [2.05, 4.69) is 5.32 Å². The third-order valence-corrected chi connectivity index (χ3v) is 2.37. The van der Waals surface area contributed by atoms with Crippen molar-refractivity contribution >= 4 is 23.2 Å². The molecule has 0 aromatic heterocycles. The molecule has 0 aliphatic rings. The third kappa shape index (κ3) is 4.94. The van der Waals surface area contributed by atoms with Gasteiger partial charge in [0.05, 0.1) is 17.7 Å². The van der Waals surface area contributed by atoms with Crippen molar-refractivity contribution in [2.45, 2.75) is 26.4 Å². The molecule has 0 atom stereocenters. The van der Waals surface area contributed by atoms with Gasteiger partial charge in [-0.05, 0) is 39.0 Å². The van der Waals surface area contributed by atoms with Gasteiger partial charge < -0.3 is 14.8 Å². The van der Waals surface area contributed by atoms with Crippen molar-refractivity contribution in [1.82, 2.24) is 0 Å². The Morgan fingerprint density at radius 1 is 1.39 bits per heavy atom. The van der Waals surface area contributed by atoms with Gasteiger partial charge >= 0.3 is 0 Å². The van der Waals surface area contributed by atoms with Gasteiger partial charge in [0.15, 0.2) is 0 Å². The minimum absolute atomic E-state index is 0.00709. The fourth-order valence-corrected chi connectivity index (χ4v) is 1.48. The molecular formula is C13H18ClNO3. The molecule has 0 saturated heterocycles. The molecule has 0 bridgehead atoms. The molecule has 18 heavy (non-hydrogen) atoms. The number of rotatable bonds is 4. The van der Waals surface area contributed by atoms with Gasteiger partial charge in [0, 0.05) is 5.69 Å². The molecule has 0 aliphatic carbocycles. The standard InChI is InChI=1S/C13H18ClNO3/c1-13(2,3)18-8-12(16)15-9-5-6-11(17-4)10(14)7-9/h5-7H,8H2,1-4H3,(H,15,16). The Kier molecular flexibility index (Phi) is 4.99. The number of hydrogen-bond acceptors (Lipinski definition) is 3. The number of benzene rings is 1. The van der Waals surface area contributed by atoms with Gasteiger partial charge in [-0.3, -0.25) is 4.79 Å². The molecule has 0 aliphatic heterocycles. The van der Waals surface area contributed by atoms with Crippen LogP contribution in [-0.2, 0) is 9.53 Å². The fourth-order valence-electron chi connectivity index (χ4n) is 1.22. The number of carbonyl (C=O) groups is 1. The number of anilines is 1. The predicted octanol–water partition coefficient (Wildman–Crippen LogP) is 3.10. The van der Waals surface area contributed by atoms with E-state index in [1.165, 1.54) is 7.11 Å². The van der Waals surface area contributed by atoms with Gasteiger partial charge in [-0.15, -0.1) is 0 Å². The molecule has 0 radical (unpaired) electrons. The molecule has 1 aromatic carbocycles. The zero-order valence-corrected chi connectivity index (χ0v) is 11.8. The zero-order valence-electron chi connectivity index (χ0n) is 11.0. The zero-order chi connectivity index (χ0) is 13.8. The highest BCUT2D eigenvalue weighted by Crippen LogP contribution is 2.27. The van der Waals surface area contributed by atoms with Crippen LogP contribution in [0, 0.1) is 0 Å². The Labute approximate surface area is 112 Å². The van der Waals surface area contributed by atoms with Gasteiger partial charge in [-0.2, -0.15) is 0 Å². The van der Waals surface area contributed by atoms with E-state index in [9.17, 15) is 4.79 Å². The molecule has 0 heterocycles. The minimum atomic E-state index is -0.338. The van der Waals surface area contributed by atoms with Crippen molar-refractivity contribution in [3.63, 3.8) is 0 Å². The highest BCUT2D eigenvalue weighted by molar-refractivity contribution is 6.32. The highest BCUT2D eigenvalue weighted by atomic mass is 35.5. The van der Waals surface area contributed by atoms with E-state index in [1.807, 2.05) is 20.8 Å². The van der Waals surface area contributed by atoms with E-state index in [0.29, 0.717) is 16.5 Å².